The van der Waals surface area contributed by atoms with Crippen molar-refractivity contribution in [3.63, 3.8) is 0 Å². The summed E-state index contributed by atoms with van der Waals surface area (Å²) in [5.41, 5.74) is 5.32. The van der Waals surface area contributed by atoms with Crippen molar-refractivity contribution in [2.24, 2.45) is 0 Å². The van der Waals surface area contributed by atoms with Gasteiger partial charge in [0.1, 0.15) is 19.3 Å². The normalized spacial score (nSPS) is 10.8. The Bertz CT molecular complexity index is 2460. The van der Waals surface area contributed by atoms with E-state index in [-0.39, 0.29) is 17.8 Å². The Morgan fingerprint density at radius 1 is 0.647 bits per heavy atom. The SMILES string of the molecule is Cc1ncnc2c1c(NCc1cccc(Cl)c1)cc(=O)n2O.Cc1ncnc2c1c(NCc1cccc(Cl)c1)cc(=O)n2OCc1ccccc1. The molecule has 0 aliphatic heterocycles. The minimum atomic E-state index is -0.556. The number of aryl methyl sites for hydroxylation is 2. The zero-order valence-corrected chi connectivity index (χ0v) is 29.1. The second-order valence-corrected chi connectivity index (χ2v) is 12.3. The van der Waals surface area contributed by atoms with Gasteiger partial charge < -0.3 is 20.7 Å². The first-order valence-electron chi connectivity index (χ1n) is 15.8. The van der Waals surface area contributed by atoms with Gasteiger partial charge >= 0.3 is 0 Å². The van der Waals surface area contributed by atoms with E-state index in [1.807, 2.05) is 79.7 Å². The third-order valence-electron chi connectivity index (χ3n) is 7.86. The number of fused-ring (bicyclic) bond motifs is 2. The molecule has 0 spiro atoms. The van der Waals surface area contributed by atoms with E-state index in [2.05, 4.69) is 30.6 Å². The van der Waals surface area contributed by atoms with Crippen LogP contribution in [0.2, 0.25) is 10.0 Å². The van der Waals surface area contributed by atoms with Gasteiger partial charge in [-0.05, 0) is 54.8 Å². The highest BCUT2D eigenvalue weighted by atomic mass is 35.5. The zero-order chi connectivity index (χ0) is 35.9. The fourth-order valence-electron chi connectivity index (χ4n) is 5.39. The molecule has 12 nitrogen and oxygen atoms in total. The van der Waals surface area contributed by atoms with Gasteiger partial charge in [-0.25, -0.2) is 19.9 Å². The van der Waals surface area contributed by atoms with Gasteiger partial charge in [0, 0.05) is 35.3 Å². The lowest BCUT2D eigenvalue weighted by molar-refractivity contribution is 0.0979. The molecule has 7 rings (SSSR count). The van der Waals surface area contributed by atoms with Crippen molar-refractivity contribution < 1.29 is 10.0 Å². The Balaban J connectivity index is 0.000000183. The molecule has 0 atom stereocenters. The molecule has 51 heavy (non-hydrogen) atoms. The number of anilines is 2. The second kappa shape index (κ2) is 15.7. The molecular formula is C37H32Cl2N8O4. The van der Waals surface area contributed by atoms with Crippen molar-refractivity contribution in [1.29, 1.82) is 0 Å². The number of nitrogens with zero attached hydrogens (tertiary/aromatic N) is 6. The summed E-state index contributed by atoms with van der Waals surface area (Å²) in [5.74, 6) is 0. The minimum absolute atomic E-state index is 0.175. The van der Waals surface area contributed by atoms with Crippen LogP contribution in [-0.4, -0.2) is 34.6 Å². The maximum absolute atomic E-state index is 12.8. The lowest BCUT2D eigenvalue weighted by Gasteiger charge is -2.15. The minimum Gasteiger partial charge on any atom is -0.423 e. The quantitative estimate of drug-likeness (QED) is 0.139. The summed E-state index contributed by atoms with van der Waals surface area (Å²) in [6.45, 7) is 4.92. The molecule has 258 valence electrons. The number of aromatic nitrogens is 6. The predicted molar refractivity (Wildman–Crippen MR) is 199 cm³/mol. The van der Waals surface area contributed by atoms with E-state index in [0.29, 0.717) is 56.0 Å². The third kappa shape index (κ3) is 8.26. The Labute approximate surface area is 301 Å². The summed E-state index contributed by atoms with van der Waals surface area (Å²) < 4.78 is 1.75. The van der Waals surface area contributed by atoms with Crippen LogP contribution >= 0.6 is 23.2 Å². The van der Waals surface area contributed by atoms with Gasteiger partial charge in [-0.2, -0.15) is 0 Å². The highest BCUT2D eigenvalue weighted by molar-refractivity contribution is 6.30. The number of rotatable bonds is 9. The lowest BCUT2D eigenvalue weighted by atomic mass is 10.2. The van der Waals surface area contributed by atoms with E-state index < -0.39 is 5.56 Å². The van der Waals surface area contributed by atoms with Gasteiger partial charge in [0.2, 0.25) is 0 Å². The maximum Gasteiger partial charge on any atom is 0.287 e. The molecule has 0 saturated carbocycles. The standard InChI is InChI=1S/C22H19ClN4O2.C15H13ClN4O2/c1-15-21-19(24-12-17-8-5-9-18(23)10-17)11-20(28)27(22(21)26-14-25-15)29-13-16-6-3-2-4-7-16;1-9-14-12(17-7-10-3-2-4-11(16)5-10)6-13(21)20(22)15(14)19-8-18-9/h2-11,14,24H,12-13H2,1H3;2-6,8,17,22H,7H2,1H3. The summed E-state index contributed by atoms with van der Waals surface area (Å²) in [7, 11) is 0. The van der Waals surface area contributed by atoms with Crippen LogP contribution in [0.25, 0.3) is 22.1 Å². The van der Waals surface area contributed by atoms with E-state index in [0.717, 1.165) is 27.8 Å². The molecule has 0 unspecified atom stereocenters. The first-order chi connectivity index (χ1) is 24.7. The fourth-order valence-corrected chi connectivity index (χ4v) is 5.82. The van der Waals surface area contributed by atoms with Crippen LogP contribution in [0, 0.1) is 13.8 Å². The number of benzene rings is 3. The Morgan fingerprint density at radius 3 is 1.73 bits per heavy atom. The van der Waals surface area contributed by atoms with Crippen LogP contribution < -0.4 is 26.6 Å². The second-order valence-electron chi connectivity index (χ2n) is 11.4. The molecule has 0 bridgehead atoms. The van der Waals surface area contributed by atoms with Gasteiger partial charge in [0.15, 0.2) is 11.3 Å². The highest BCUT2D eigenvalue weighted by Crippen LogP contribution is 2.24. The largest absolute Gasteiger partial charge is 0.423 e. The number of hydrogen-bond acceptors (Lipinski definition) is 10. The molecule has 14 heteroatoms. The fraction of sp³-hybridized carbons (Fsp3) is 0.135. The Morgan fingerprint density at radius 2 is 1.16 bits per heavy atom. The molecule has 0 fully saturated rings. The van der Waals surface area contributed by atoms with Crippen molar-refractivity contribution in [3.8, 4) is 0 Å². The third-order valence-corrected chi connectivity index (χ3v) is 8.33. The molecule has 0 radical (unpaired) electrons. The van der Waals surface area contributed by atoms with Crippen molar-refractivity contribution in [2.45, 2.75) is 33.5 Å². The summed E-state index contributed by atoms with van der Waals surface area (Å²) >= 11 is 12.0. The van der Waals surface area contributed by atoms with Crippen molar-refractivity contribution in [1.82, 2.24) is 29.4 Å². The van der Waals surface area contributed by atoms with Crippen molar-refractivity contribution in [2.75, 3.05) is 10.6 Å². The first kappa shape index (κ1) is 34.9. The van der Waals surface area contributed by atoms with Crippen LogP contribution in [0.15, 0.2) is 113 Å². The van der Waals surface area contributed by atoms with Gasteiger partial charge in [-0.1, -0.05) is 77.8 Å². The highest BCUT2D eigenvalue weighted by Gasteiger charge is 2.15. The number of nitrogens with one attached hydrogen (secondary N) is 2. The zero-order valence-electron chi connectivity index (χ0n) is 27.5. The Kier molecular flexibility index (Phi) is 10.7. The molecule has 7 aromatic rings. The molecule has 0 saturated heterocycles. The average molecular weight is 724 g/mol. The van der Waals surface area contributed by atoms with E-state index in [4.69, 9.17) is 28.0 Å². The number of pyridine rings is 2. The summed E-state index contributed by atoms with van der Waals surface area (Å²) in [5, 5.41) is 18.9. The molecule has 4 heterocycles. The van der Waals surface area contributed by atoms with Crippen LogP contribution in [0.4, 0.5) is 11.4 Å². The first-order valence-corrected chi connectivity index (χ1v) is 16.5. The van der Waals surface area contributed by atoms with E-state index in [1.165, 1.54) is 29.5 Å². The molecule has 0 aliphatic rings. The average Bonchev–Trinajstić information content (AvgIpc) is 3.12. The summed E-state index contributed by atoms with van der Waals surface area (Å²) in [6, 6.07) is 27.5. The monoisotopic (exact) mass is 722 g/mol. The maximum atomic E-state index is 12.8. The Hall–Kier alpha value is -5.98. The molecular weight excluding hydrogens is 691 g/mol. The lowest BCUT2D eigenvalue weighted by Crippen LogP contribution is -2.28. The van der Waals surface area contributed by atoms with Crippen LogP contribution in [-0.2, 0) is 19.7 Å². The number of hydrogen-bond donors (Lipinski definition) is 3. The van der Waals surface area contributed by atoms with E-state index in [1.54, 1.807) is 13.0 Å². The van der Waals surface area contributed by atoms with Crippen LogP contribution in [0.5, 0.6) is 0 Å². The molecule has 3 aromatic carbocycles. The van der Waals surface area contributed by atoms with Gasteiger partial charge in [0.25, 0.3) is 11.1 Å². The molecule has 0 aliphatic carbocycles. The smallest absolute Gasteiger partial charge is 0.287 e. The number of halogens is 2. The van der Waals surface area contributed by atoms with Crippen LogP contribution in [0.1, 0.15) is 28.1 Å². The van der Waals surface area contributed by atoms with E-state index >= 15 is 0 Å². The van der Waals surface area contributed by atoms with Gasteiger partial charge in [-0.15, -0.1) is 9.46 Å². The van der Waals surface area contributed by atoms with Gasteiger partial charge in [-0.3, -0.25) is 9.59 Å². The molecule has 4 aromatic heterocycles. The molecule has 0 amide bonds. The topological polar surface area (TPSA) is 149 Å². The van der Waals surface area contributed by atoms with Crippen LogP contribution in [0.3, 0.4) is 0 Å². The van der Waals surface area contributed by atoms with E-state index in [9.17, 15) is 14.8 Å². The predicted octanol–water partition coefficient (Wildman–Crippen LogP) is 6.60. The molecule has 3 N–H and O–H groups in total. The van der Waals surface area contributed by atoms with Gasteiger partial charge in [0.05, 0.1) is 33.5 Å². The van der Waals surface area contributed by atoms with Crippen molar-refractivity contribution in [3.05, 3.63) is 162 Å². The van der Waals surface area contributed by atoms with Crippen molar-refractivity contribution >= 4 is 56.6 Å². The summed E-state index contributed by atoms with van der Waals surface area (Å²) in [4.78, 5) is 47.1. The summed E-state index contributed by atoms with van der Waals surface area (Å²) in [6.07, 6.45) is 2.74.